The predicted octanol–water partition coefficient (Wildman–Crippen LogP) is 2.73. The lowest BCUT2D eigenvalue weighted by atomic mass is 10.3. The summed E-state index contributed by atoms with van der Waals surface area (Å²) in [7, 11) is -3.65. The van der Waals surface area contributed by atoms with Crippen molar-refractivity contribution in [3.05, 3.63) is 22.4 Å². The molecule has 0 spiro atoms. The number of halogens is 2. The van der Waals surface area contributed by atoms with E-state index in [1.54, 1.807) is 4.31 Å². The smallest absolute Gasteiger partial charge is 0.245 e. The first-order valence-electron chi connectivity index (χ1n) is 6.66. The van der Waals surface area contributed by atoms with Gasteiger partial charge in [0.05, 0.1) is 10.2 Å². The second kappa shape index (κ2) is 4.96. The minimum Gasteiger partial charge on any atom is -0.398 e. The molecule has 1 aromatic carbocycles. The monoisotopic (exact) mass is 362 g/mol. The van der Waals surface area contributed by atoms with E-state index >= 15 is 0 Å². The Labute approximate surface area is 126 Å². The van der Waals surface area contributed by atoms with Crippen LogP contribution in [0.1, 0.15) is 25.7 Å². The Bertz CT molecular complexity index is 642. The molecule has 0 atom stereocenters. The lowest BCUT2D eigenvalue weighted by Crippen LogP contribution is -2.35. The molecule has 0 aliphatic heterocycles. The molecule has 0 amide bonds. The lowest BCUT2D eigenvalue weighted by Gasteiger charge is -2.22. The number of sulfonamides is 1. The van der Waals surface area contributed by atoms with Crippen LogP contribution in [0.4, 0.5) is 10.1 Å². The second-order valence-corrected chi connectivity index (χ2v) is 8.27. The van der Waals surface area contributed by atoms with Gasteiger partial charge >= 0.3 is 0 Å². The van der Waals surface area contributed by atoms with Crippen LogP contribution in [0.15, 0.2) is 21.5 Å². The maximum absolute atomic E-state index is 13.4. The van der Waals surface area contributed by atoms with Crippen LogP contribution in [0.5, 0.6) is 0 Å². The number of nitrogens with zero attached hydrogens (tertiary/aromatic N) is 1. The highest BCUT2D eigenvalue weighted by Crippen LogP contribution is 2.39. The van der Waals surface area contributed by atoms with Crippen molar-refractivity contribution >= 4 is 31.6 Å². The number of hydrogen-bond donors (Lipinski definition) is 1. The summed E-state index contributed by atoms with van der Waals surface area (Å²) in [5.41, 5.74) is 5.68. The summed E-state index contributed by atoms with van der Waals surface area (Å²) in [6, 6.07) is 2.41. The molecule has 2 N–H and O–H groups in total. The van der Waals surface area contributed by atoms with Gasteiger partial charge in [-0.25, -0.2) is 12.8 Å². The van der Waals surface area contributed by atoms with Gasteiger partial charge in [-0.2, -0.15) is 4.31 Å². The number of nitrogens with two attached hydrogens (primary N) is 1. The molecule has 3 rings (SSSR count). The van der Waals surface area contributed by atoms with Crippen molar-refractivity contribution in [3.8, 4) is 0 Å². The van der Waals surface area contributed by atoms with Gasteiger partial charge in [0, 0.05) is 12.6 Å². The minimum atomic E-state index is -3.65. The highest BCUT2D eigenvalue weighted by Gasteiger charge is 2.41. The third-order valence-electron chi connectivity index (χ3n) is 3.73. The normalized spacial score (nSPS) is 19.6. The van der Waals surface area contributed by atoms with Gasteiger partial charge in [-0.05, 0) is 59.7 Å². The molecule has 0 aromatic heterocycles. The third-order valence-corrected chi connectivity index (χ3v) is 6.31. The van der Waals surface area contributed by atoms with E-state index in [1.807, 2.05) is 0 Å². The first-order chi connectivity index (χ1) is 9.39. The predicted molar refractivity (Wildman–Crippen MR) is 78.2 cm³/mol. The van der Waals surface area contributed by atoms with E-state index in [1.165, 1.54) is 6.07 Å². The molecule has 2 saturated carbocycles. The summed E-state index contributed by atoms with van der Waals surface area (Å²) in [5, 5.41) is 0. The lowest BCUT2D eigenvalue weighted by molar-refractivity contribution is 0.389. The van der Waals surface area contributed by atoms with Crippen LogP contribution in [0.25, 0.3) is 0 Å². The summed E-state index contributed by atoms with van der Waals surface area (Å²) in [6.07, 6.45) is 3.96. The molecular weight excluding hydrogens is 347 g/mol. The molecule has 4 nitrogen and oxygen atoms in total. The Morgan fingerprint density at radius 2 is 1.95 bits per heavy atom. The molecule has 110 valence electrons. The number of anilines is 1. The van der Waals surface area contributed by atoms with Crippen LogP contribution >= 0.6 is 15.9 Å². The first-order valence-corrected chi connectivity index (χ1v) is 8.89. The molecule has 2 aliphatic carbocycles. The van der Waals surface area contributed by atoms with Gasteiger partial charge in [0.1, 0.15) is 10.7 Å². The van der Waals surface area contributed by atoms with Crippen molar-refractivity contribution in [1.82, 2.24) is 4.31 Å². The SMILES string of the molecule is Nc1cc(F)c(Br)cc1S(=O)(=O)N(CC1CC1)C1CC1. The molecule has 1 aromatic rings. The summed E-state index contributed by atoms with van der Waals surface area (Å²) in [4.78, 5) is -0.00155. The molecule has 0 radical (unpaired) electrons. The highest BCUT2D eigenvalue weighted by atomic mass is 79.9. The highest BCUT2D eigenvalue weighted by molar-refractivity contribution is 9.10. The van der Waals surface area contributed by atoms with Crippen molar-refractivity contribution in [1.29, 1.82) is 0 Å². The molecule has 7 heteroatoms. The first kappa shape index (κ1) is 14.3. The van der Waals surface area contributed by atoms with E-state index in [9.17, 15) is 12.8 Å². The fraction of sp³-hybridized carbons (Fsp3) is 0.538. The van der Waals surface area contributed by atoms with Gasteiger partial charge in [0.2, 0.25) is 10.0 Å². The maximum atomic E-state index is 13.4. The minimum absolute atomic E-state index is 0.00155. The van der Waals surface area contributed by atoms with Gasteiger partial charge < -0.3 is 5.73 Å². The average molecular weight is 363 g/mol. The zero-order valence-electron chi connectivity index (χ0n) is 10.9. The topological polar surface area (TPSA) is 63.4 Å². The van der Waals surface area contributed by atoms with Gasteiger partial charge in [-0.15, -0.1) is 0 Å². The Morgan fingerprint density at radius 3 is 2.50 bits per heavy atom. The molecule has 0 heterocycles. The van der Waals surface area contributed by atoms with E-state index in [0.29, 0.717) is 12.5 Å². The summed E-state index contributed by atoms with van der Waals surface area (Å²) in [6.45, 7) is 0.557. The Balaban J connectivity index is 1.98. The summed E-state index contributed by atoms with van der Waals surface area (Å²) >= 11 is 3.02. The number of benzene rings is 1. The van der Waals surface area contributed by atoms with E-state index in [2.05, 4.69) is 15.9 Å². The Morgan fingerprint density at radius 1 is 1.30 bits per heavy atom. The second-order valence-electron chi connectivity index (χ2n) is 5.55. The van der Waals surface area contributed by atoms with Crippen molar-refractivity contribution in [3.63, 3.8) is 0 Å². The van der Waals surface area contributed by atoms with Crippen LogP contribution in [0, 0.1) is 11.7 Å². The summed E-state index contributed by atoms with van der Waals surface area (Å²) in [5.74, 6) is -0.0860. The largest absolute Gasteiger partial charge is 0.398 e. The van der Waals surface area contributed by atoms with Crippen LogP contribution in [0.2, 0.25) is 0 Å². The van der Waals surface area contributed by atoms with Gasteiger partial charge in [-0.1, -0.05) is 0 Å². The maximum Gasteiger partial charge on any atom is 0.245 e. The van der Waals surface area contributed by atoms with E-state index in [4.69, 9.17) is 5.73 Å². The van der Waals surface area contributed by atoms with E-state index in [0.717, 1.165) is 31.7 Å². The summed E-state index contributed by atoms with van der Waals surface area (Å²) < 4.78 is 40.6. The Kier molecular flexibility index (Phi) is 3.54. The average Bonchev–Trinajstić information content (AvgIpc) is 3.24. The zero-order valence-corrected chi connectivity index (χ0v) is 13.3. The molecule has 2 aliphatic rings. The van der Waals surface area contributed by atoms with Crippen LogP contribution < -0.4 is 5.73 Å². The number of hydrogen-bond acceptors (Lipinski definition) is 3. The van der Waals surface area contributed by atoms with E-state index < -0.39 is 15.8 Å². The molecule has 0 bridgehead atoms. The Hall–Kier alpha value is -0.660. The molecular formula is C13H16BrFN2O2S. The van der Waals surface area contributed by atoms with Crippen LogP contribution in [0.3, 0.4) is 0 Å². The van der Waals surface area contributed by atoms with Crippen molar-refractivity contribution < 1.29 is 12.8 Å². The van der Waals surface area contributed by atoms with Crippen LogP contribution in [-0.4, -0.2) is 25.3 Å². The fourth-order valence-corrected chi connectivity index (χ4v) is 4.64. The van der Waals surface area contributed by atoms with Crippen molar-refractivity contribution in [2.75, 3.05) is 12.3 Å². The van der Waals surface area contributed by atoms with Crippen molar-refractivity contribution in [2.45, 2.75) is 36.6 Å². The van der Waals surface area contributed by atoms with Gasteiger partial charge in [-0.3, -0.25) is 0 Å². The zero-order chi connectivity index (χ0) is 14.5. The van der Waals surface area contributed by atoms with Gasteiger partial charge in [0.15, 0.2) is 0 Å². The standard InChI is InChI=1S/C13H16BrFN2O2S/c14-10-5-13(12(16)6-11(10)15)20(18,19)17(9-3-4-9)7-8-1-2-8/h5-6,8-9H,1-4,7,16H2. The number of nitrogen functional groups attached to an aromatic ring is 1. The number of rotatable bonds is 5. The van der Waals surface area contributed by atoms with Gasteiger partial charge in [0.25, 0.3) is 0 Å². The fourth-order valence-electron chi connectivity index (χ4n) is 2.25. The van der Waals surface area contributed by atoms with E-state index in [-0.39, 0.29) is 21.1 Å². The van der Waals surface area contributed by atoms with Crippen molar-refractivity contribution in [2.24, 2.45) is 5.92 Å². The molecule has 20 heavy (non-hydrogen) atoms. The van der Waals surface area contributed by atoms with Crippen LogP contribution in [-0.2, 0) is 10.0 Å². The molecule has 0 saturated heterocycles. The molecule has 0 unspecified atom stereocenters. The third kappa shape index (κ3) is 2.71. The quantitative estimate of drug-likeness (QED) is 0.819. The molecule has 2 fully saturated rings.